The van der Waals surface area contributed by atoms with Crippen LogP contribution < -0.4 is 20.8 Å². The molecule has 0 aliphatic heterocycles. The molecule has 9 heteroatoms. The first-order valence-corrected chi connectivity index (χ1v) is 9.42. The number of sulfonamides is 1. The van der Waals surface area contributed by atoms with E-state index in [1.165, 1.54) is 35.0 Å². The molecule has 0 spiro atoms. The van der Waals surface area contributed by atoms with Crippen molar-refractivity contribution in [2.24, 2.45) is 5.14 Å². The molecule has 3 aromatic rings. The van der Waals surface area contributed by atoms with Crippen LogP contribution in [0.1, 0.15) is 0 Å². The van der Waals surface area contributed by atoms with E-state index in [9.17, 15) is 18.0 Å². The molecule has 27 heavy (non-hydrogen) atoms. The van der Waals surface area contributed by atoms with Crippen LogP contribution in [-0.2, 0) is 21.4 Å². The van der Waals surface area contributed by atoms with E-state index in [0.29, 0.717) is 16.8 Å². The lowest BCUT2D eigenvalue weighted by molar-refractivity contribution is -0.116. The number of amides is 1. The Balaban J connectivity index is 1.78. The lowest BCUT2D eigenvalue weighted by atomic mass is 10.1. The molecule has 140 valence electrons. The van der Waals surface area contributed by atoms with Crippen LogP contribution in [0.5, 0.6) is 5.75 Å². The molecule has 2 aromatic carbocycles. The molecule has 0 aliphatic rings. The van der Waals surface area contributed by atoms with E-state index >= 15 is 0 Å². The number of nitrogens with two attached hydrogens (primary N) is 1. The third kappa shape index (κ3) is 4.15. The van der Waals surface area contributed by atoms with Crippen LogP contribution in [-0.4, -0.2) is 26.0 Å². The van der Waals surface area contributed by atoms with Gasteiger partial charge in [0.1, 0.15) is 12.3 Å². The van der Waals surface area contributed by atoms with Gasteiger partial charge in [0, 0.05) is 17.3 Å². The zero-order valence-electron chi connectivity index (χ0n) is 14.4. The van der Waals surface area contributed by atoms with Crippen molar-refractivity contribution in [1.82, 2.24) is 4.57 Å². The molecule has 0 aliphatic carbocycles. The molecule has 0 bridgehead atoms. The number of hydrogen-bond donors (Lipinski definition) is 2. The molecular weight excluding hydrogens is 370 g/mol. The standard InChI is InChI=1S/C18H17N3O5S/c1-26-14-4-7-16-12(10-14)8-9-21(18(16)23)11-17(22)20-13-2-5-15(6-3-13)27(19,24)25/h2-10H,11H2,1H3,(H,20,22)(H2,19,24,25). The number of aromatic nitrogens is 1. The first-order chi connectivity index (χ1) is 12.8. The van der Waals surface area contributed by atoms with Gasteiger partial charge < -0.3 is 14.6 Å². The molecule has 0 saturated carbocycles. The van der Waals surface area contributed by atoms with Crippen LogP contribution >= 0.6 is 0 Å². The summed E-state index contributed by atoms with van der Waals surface area (Å²) in [7, 11) is -2.25. The summed E-state index contributed by atoms with van der Waals surface area (Å²) in [6, 6.07) is 12.2. The number of methoxy groups -OCH3 is 1. The molecule has 3 rings (SSSR count). The Bertz CT molecular complexity index is 1170. The fraction of sp³-hybridized carbons (Fsp3) is 0.111. The number of nitrogens with zero attached hydrogens (tertiary/aromatic N) is 1. The molecule has 1 aromatic heterocycles. The second-order valence-corrected chi connectivity index (χ2v) is 7.38. The van der Waals surface area contributed by atoms with E-state index in [2.05, 4.69) is 5.32 Å². The average Bonchev–Trinajstić information content (AvgIpc) is 2.63. The molecule has 3 N–H and O–H groups in total. The van der Waals surface area contributed by atoms with Gasteiger partial charge in [-0.05, 0) is 53.9 Å². The van der Waals surface area contributed by atoms with Crippen LogP contribution in [0.25, 0.3) is 10.8 Å². The van der Waals surface area contributed by atoms with Crippen molar-refractivity contribution in [3.05, 3.63) is 65.1 Å². The van der Waals surface area contributed by atoms with Crippen LogP contribution in [0.4, 0.5) is 5.69 Å². The smallest absolute Gasteiger partial charge is 0.258 e. The Labute approximate surface area is 155 Å². The Morgan fingerprint density at radius 2 is 1.85 bits per heavy atom. The lowest BCUT2D eigenvalue weighted by Gasteiger charge is -2.09. The van der Waals surface area contributed by atoms with E-state index in [4.69, 9.17) is 9.88 Å². The number of anilines is 1. The molecular formula is C18H17N3O5S. The zero-order valence-corrected chi connectivity index (χ0v) is 15.2. The maximum atomic E-state index is 12.5. The van der Waals surface area contributed by atoms with Gasteiger partial charge in [-0.1, -0.05) is 0 Å². The lowest BCUT2D eigenvalue weighted by Crippen LogP contribution is -2.27. The predicted molar refractivity (Wildman–Crippen MR) is 101 cm³/mol. The highest BCUT2D eigenvalue weighted by molar-refractivity contribution is 7.89. The summed E-state index contributed by atoms with van der Waals surface area (Å²) in [5, 5.41) is 8.83. The second-order valence-electron chi connectivity index (χ2n) is 5.82. The Morgan fingerprint density at radius 3 is 2.48 bits per heavy atom. The normalized spacial score (nSPS) is 11.3. The minimum Gasteiger partial charge on any atom is -0.497 e. The maximum absolute atomic E-state index is 12.5. The van der Waals surface area contributed by atoms with Crippen LogP contribution in [0.3, 0.4) is 0 Å². The minimum atomic E-state index is -3.80. The second kappa shape index (κ2) is 7.22. The third-order valence-electron chi connectivity index (χ3n) is 3.96. The highest BCUT2D eigenvalue weighted by Gasteiger charge is 2.10. The SMILES string of the molecule is COc1ccc2c(=O)n(CC(=O)Nc3ccc(S(N)(=O)=O)cc3)ccc2c1. The molecule has 8 nitrogen and oxygen atoms in total. The van der Waals surface area contributed by atoms with E-state index in [1.807, 2.05) is 0 Å². The van der Waals surface area contributed by atoms with E-state index in [1.54, 1.807) is 31.4 Å². The van der Waals surface area contributed by atoms with Crippen molar-refractivity contribution in [2.75, 3.05) is 12.4 Å². The van der Waals surface area contributed by atoms with E-state index in [-0.39, 0.29) is 17.0 Å². The van der Waals surface area contributed by atoms with E-state index < -0.39 is 15.9 Å². The van der Waals surface area contributed by atoms with Crippen molar-refractivity contribution in [3.63, 3.8) is 0 Å². The summed E-state index contributed by atoms with van der Waals surface area (Å²) >= 11 is 0. The highest BCUT2D eigenvalue weighted by atomic mass is 32.2. The first kappa shape index (κ1) is 18.6. The van der Waals surface area contributed by atoms with Crippen molar-refractivity contribution < 1.29 is 17.9 Å². The summed E-state index contributed by atoms with van der Waals surface area (Å²) in [6.45, 7) is -0.183. The number of primary sulfonamides is 1. The number of ether oxygens (including phenoxy) is 1. The predicted octanol–water partition coefficient (Wildman–Crippen LogP) is 1.30. The van der Waals surface area contributed by atoms with Gasteiger partial charge in [0.05, 0.1) is 12.0 Å². The summed E-state index contributed by atoms with van der Waals surface area (Å²) in [5.74, 6) is 0.216. The molecule has 0 atom stereocenters. The quantitative estimate of drug-likeness (QED) is 0.683. The summed E-state index contributed by atoms with van der Waals surface area (Å²) in [6.07, 6.45) is 1.54. The van der Waals surface area contributed by atoms with Gasteiger partial charge in [0.2, 0.25) is 15.9 Å². The fourth-order valence-corrected chi connectivity index (χ4v) is 3.12. The Morgan fingerprint density at radius 1 is 1.15 bits per heavy atom. The van der Waals surface area contributed by atoms with E-state index in [0.717, 1.165) is 5.39 Å². The van der Waals surface area contributed by atoms with Gasteiger partial charge in [0.15, 0.2) is 0 Å². The van der Waals surface area contributed by atoms with Crippen molar-refractivity contribution >= 4 is 32.4 Å². The van der Waals surface area contributed by atoms with Crippen LogP contribution in [0.2, 0.25) is 0 Å². The molecule has 0 saturated heterocycles. The van der Waals surface area contributed by atoms with Crippen molar-refractivity contribution in [1.29, 1.82) is 0 Å². The Kier molecular flexibility index (Phi) is 4.98. The first-order valence-electron chi connectivity index (χ1n) is 7.88. The van der Waals surface area contributed by atoms with Gasteiger partial charge in [-0.2, -0.15) is 0 Å². The third-order valence-corrected chi connectivity index (χ3v) is 4.89. The van der Waals surface area contributed by atoms with Crippen LogP contribution in [0, 0.1) is 0 Å². The average molecular weight is 387 g/mol. The van der Waals surface area contributed by atoms with Gasteiger partial charge in [-0.25, -0.2) is 13.6 Å². The van der Waals surface area contributed by atoms with Crippen molar-refractivity contribution in [2.45, 2.75) is 11.4 Å². The number of nitrogens with one attached hydrogen (secondary N) is 1. The monoisotopic (exact) mass is 387 g/mol. The highest BCUT2D eigenvalue weighted by Crippen LogP contribution is 2.18. The molecule has 0 radical (unpaired) electrons. The number of fused-ring (bicyclic) bond motifs is 1. The molecule has 0 fully saturated rings. The number of pyridine rings is 1. The summed E-state index contributed by atoms with van der Waals surface area (Å²) in [5.41, 5.74) is 0.0980. The molecule has 0 unspecified atom stereocenters. The van der Waals surface area contributed by atoms with Crippen molar-refractivity contribution in [3.8, 4) is 5.75 Å². The fourth-order valence-electron chi connectivity index (χ4n) is 2.60. The number of hydrogen-bond acceptors (Lipinski definition) is 5. The summed E-state index contributed by atoms with van der Waals surface area (Å²) in [4.78, 5) is 24.7. The largest absolute Gasteiger partial charge is 0.497 e. The van der Waals surface area contributed by atoms with Gasteiger partial charge in [-0.15, -0.1) is 0 Å². The zero-order chi connectivity index (χ0) is 19.6. The number of carbonyl (C=O) groups excluding carboxylic acids is 1. The topological polar surface area (TPSA) is 120 Å². The number of carbonyl (C=O) groups is 1. The number of benzene rings is 2. The van der Waals surface area contributed by atoms with Gasteiger partial charge >= 0.3 is 0 Å². The Hall–Kier alpha value is -3.17. The van der Waals surface area contributed by atoms with Gasteiger partial charge in [-0.3, -0.25) is 9.59 Å². The molecule has 1 amide bonds. The maximum Gasteiger partial charge on any atom is 0.258 e. The number of rotatable bonds is 5. The summed E-state index contributed by atoms with van der Waals surface area (Å²) < 4.78 is 28.9. The molecule has 1 heterocycles. The van der Waals surface area contributed by atoms with Gasteiger partial charge in [0.25, 0.3) is 5.56 Å². The van der Waals surface area contributed by atoms with Crippen LogP contribution in [0.15, 0.2) is 64.4 Å². The minimum absolute atomic E-state index is 0.0540.